The summed E-state index contributed by atoms with van der Waals surface area (Å²) in [6.07, 6.45) is 28.7. The molecule has 0 aromatic heterocycles. The molecule has 0 spiro atoms. The van der Waals surface area contributed by atoms with Gasteiger partial charge in [-0.25, -0.2) is 0 Å². The van der Waals surface area contributed by atoms with E-state index in [2.05, 4.69) is 13.8 Å². The normalized spacial score (nSPS) is 12.1. The highest BCUT2D eigenvalue weighted by Gasteiger charge is 2.13. The molecule has 0 rings (SSSR count). The predicted molar refractivity (Wildman–Crippen MR) is 144 cm³/mol. The monoisotopic (exact) mass is 482 g/mol. The summed E-state index contributed by atoms with van der Waals surface area (Å²) in [5.41, 5.74) is 0. The number of esters is 1. The largest absolute Gasteiger partial charge is 0.481 e. The first-order valence-corrected chi connectivity index (χ1v) is 15.0. The number of rotatable bonds is 27. The van der Waals surface area contributed by atoms with E-state index in [1.165, 1.54) is 89.9 Å². The van der Waals surface area contributed by atoms with Crippen molar-refractivity contribution in [1.29, 1.82) is 0 Å². The number of carbonyl (C=O) groups is 2. The van der Waals surface area contributed by atoms with Crippen LogP contribution in [0, 0.1) is 0 Å². The lowest BCUT2D eigenvalue weighted by Gasteiger charge is -2.17. The van der Waals surface area contributed by atoms with Crippen molar-refractivity contribution in [3.8, 4) is 0 Å². The zero-order valence-electron chi connectivity index (χ0n) is 22.9. The number of carboxylic acid groups (broad SMARTS) is 1. The Morgan fingerprint density at radius 2 is 0.941 bits per heavy atom. The van der Waals surface area contributed by atoms with Gasteiger partial charge in [0.1, 0.15) is 6.10 Å². The first kappa shape index (κ1) is 32.9. The van der Waals surface area contributed by atoms with Gasteiger partial charge in [-0.3, -0.25) is 9.59 Å². The van der Waals surface area contributed by atoms with Gasteiger partial charge in [0, 0.05) is 12.8 Å². The molecule has 34 heavy (non-hydrogen) atoms. The first-order valence-electron chi connectivity index (χ1n) is 15.0. The molecule has 0 aromatic rings. The Morgan fingerprint density at radius 1 is 0.529 bits per heavy atom. The Labute approximate surface area is 212 Å². The molecule has 0 aliphatic heterocycles. The Bertz CT molecular complexity index is 449. The van der Waals surface area contributed by atoms with Crippen LogP contribution in [-0.4, -0.2) is 23.1 Å². The van der Waals surface area contributed by atoms with Crippen LogP contribution in [0.4, 0.5) is 0 Å². The van der Waals surface area contributed by atoms with Crippen molar-refractivity contribution in [1.82, 2.24) is 0 Å². The molecule has 0 heterocycles. The highest BCUT2D eigenvalue weighted by molar-refractivity contribution is 5.69. The number of unbranched alkanes of at least 4 members (excludes halogenated alkanes) is 18. The molecule has 4 heteroatoms. The van der Waals surface area contributed by atoms with Crippen LogP contribution in [0.15, 0.2) is 0 Å². The fraction of sp³-hybridized carbons (Fsp3) is 0.933. The summed E-state index contributed by atoms with van der Waals surface area (Å²) in [5.74, 6) is -0.689. The van der Waals surface area contributed by atoms with Crippen molar-refractivity contribution >= 4 is 11.9 Å². The number of hydrogen-bond donors (Lipinski definition) is 1. The van der Waals surface area contributed by atoms with Gasteiger partial charge in [-0.1, -0.05) is 129 Å². The van der Waals surface area contributed by atoms with Gasteiger partial charge in [0.15, 0.2) is 0 Å². The maximum atomic E-state index is 12.2. The van der Waals surface area contributed by atoms with Crippen molar-refractivity contribution < 1.29 is 19.4 Å². The lowest BCUT2D eigenvalue weighted by molar-refractivity contribution is -0.150. The second-order valence-electron chi connectivity index (χ2n) is 10.3. The zero-order valence-corrected chi connectivity index (χ0v) is 22.9. The van der Waals surface area contributed by atoms with E-state index in [9.17, 15) is 9.59 Å². The molecule has 202 valence electrons. The summed E-state index contributed by atoms with van der Waals surface area (Å²) in [7, 11) is 0. The molecule has 4 nitrogen and oxygen atoms in total. The molecule has 0 fully saturated rings. The predicted octanol–water partition coefficient (Wildman–Crippen LogP) is 9.78. The van der Waals surface area contributed by atoms with Gasteiger partial charge in [0.05, 0.1) is 0 Å². The zero-order chi connectivity index (χ0) is 25.1. The minimum Gasteiger partial charge on any atom is -0.481 e. The maximum Gasteiger partial charge on any atom is 0.306 e. The van der Waals surface area contributed by atoms with Crippen LogP contribution in [0.1, 0.15) is 174 Å². The van der Waals surface area contributed by atoms with E-state index in [-0.39, 0.29) is 12.1 Å². The smallest absolute Gasteiger partial charge is 0.306 e. The minimum atomic E-state index is -0.689. The third kappa shape index (κ3) is 25.6. The second-order valence-corrected chi connectivity index (χ2v) is 10.3. The number of carbonyl (C=O) groups excluding carboxylic acids is 1. The van der Waals surface area contributed by atoms with Gasteiger partial charge in [-0.2, -0.15) is 0 Å². The molecule has 0 amide bonds. The summed E-state index contributed by atoms with van der Waals surface area (Å²) in [6, 6.07) is 0. The van der Waals surface area contributed by atoms with E-state index < -0.39 is 5.97 Å². The Kier molecular flexibility index (Phi) is 25.7. The van der Waals surface area contributed by atoms with Crippen LogP contribution < -0.4 is 0 Å². The molecule has 0 aliphatic rings. The van der Waals surface area contributed by atoms with Gasteiger partial charge >= 0.3 is 11.9 Å². The van der Waals surface area contributed by atoms with Crippen molar-refractivity contribution in [2.75, 3.05) is 0 Å². The van der Waals surface area contributed by atoms with Gasteiger partial charge in [0.2, 0.25) is 0 Å². The molecule has 1 atom stereocenters. The van der Waals surface area contributed by atoms with E-state index in [1.54, 1.807) is 0 Å². The van der Waals surface area contributed by atoms with Crippen LogP contribution in [0.3, 0.4) is 0 Å². The molecule has 0 saturated carbocycles. The van der Waals surface area contributed by atoms with Crippen LogP contribution in [0.25, 0.3) is 0 Å². The molecule has 0 radical (unpaired) electrons. The second kappa shape index (κ2) is 26.5. The SMILES string of the molecule is CCCCCCCCCCCCCCCC(=O)OC(CCC)CCCCCCCCCC(=O)O. The van der Waals surface area contributed by atoms with E-state index in [0.717, 1.165) is 57.8 Å². The lowest BCUT2D eigenvalue weighted by Crippen LogP contribution is -2.18. The Morgan fingerprint density at radius 3 is 1.38 bits per heavy atom. The molecule has 0 aromatic carbocycles. The van der Waals surface area contributed by atoms with Crippen LogP contribution in [-0.2, 0) is 14.3 Å². The van der Waals surface area contributed by atoms with E-state index in [1.807, 2.05) is 0 Å². The summed E-state index contributed by atoms with van der Waals surface area (Å²) in [5, 5.41) is 8.65. The highest BCUT2D eigenvalue weighted by Crippen LogP contribution is 2.17. The third-order valence-electron chi connectivity index (χ3n) is 6.81. The Hall–Kier alpha value is -1.06. The number of aliphatic carboxylic acids is 1. The van der Waals surface area contributed by atoms with Crippen molar-refractivity contribution in [3.63, 3.8) is 0 Å². The number of carboxylic acids is 1. The molecule has 0 bridgehead atoms. The minimum absolute atomic E-state index is 0.0000431. The highest BCUT2D eigenvalue weighted by atomic mass is 16.5. The maximum absolute atomic E-state index is 12.2. The molecule has 0 aliphatic carbocycles. The van der Waals surface area contributed by atoms with Crippen LogP contribution in [0.5, 0.6) is 0 Å². The summed E-state index contributed by atoms with van der Waals surface area (Å²) < 4.78 is 5.79. The molecular weight excluding hydrogens is 424 g/mol. The molecule has 1 N–H and O–H groups in total. The molecule has 0 saturated heterocycles. The first-order chi connectivity index (χ1) is 16.6. The Balaban J connectivity index is 3.56. The summed E-state index contributed by atoms with van der Waals surface area (Å²) in [6.45, 7) is 4.43. The lowest BCUT2D eigenvalue weighted by atomic mass is 10.0. The fourth-order valence-corrected chi connectivity index (χ4v) is 4.65. The number of hydrogen-bond acceptors (Lipinski definition) is 3. The van der Waals surface area contributed by atoms with Gasteiger partial charge < -0.3 is 9.84 Å². The average Bonchev–Trinajstić information content (AvgIpc) is 2.80. The van der Waals surface area contributed by atoms with Gasteiger partial charge in [-0.15, -0.1) is 0 Å². The average molecular weight is 483 g/mol. The molecule has 1 unspecified atom stereocenters. The number of ether oxygens (including phenoxy) is 1. The standard InChI is InChI=1S/C30H58O4/c1-3-5-6-7-8-9-10-11-12-13-17-20-23-27-30(33)34-28(24-4-2)25-21-18-15-14-16-19-22-26-29(31)32/h28H,3-27H2,1-2H3,(H,31,32). The summed E-state index contributed by atoms with van der Waals surface area (Å²) >= 11 is 0. The third-order valence-corrected chi connectivity index (χ3v) is 6.81. The summed E-state index contributed by atoms with van der Waals surface area (Å²) in [4.78, 5) is 22.7. The fourth-order valence-electron chi connectivity index (χ4n) is 4.65. The van der Waals surface area contributed by atoms with Crippen molar-refractivity contribution in [2.45, 2.75) is 180 Å². The van der Waals surface area contributed by atoms with E-state index in [4.69, 9.17) is 9.84 Å². The van der Waals surface area contributed by atoms with E-state index in [0.29, 0.717) is 12.8 Å². The molecular formula is C30H58O4. The van der Waals surface area contributed by atoms with E-state index >= 15 is 0 Å². The van der Waals surface area contributed by atoms with Crippen LogP contribution >= 0.6 is 0 Å². The topological polar surface area (TPSA) is 63.6 Å². The van der Waals surface area contributed by atoms with Crippen LogP contribution in [0.2, 0.25) is 0 Å². The van der Waals surface area contributed by atoms with Crippen molar-refractivity contribution in [3.05, 3.63) is 0 Å². The quantitative estimate of drug-likeness (QED) is 0.0934. The van der Waals surface area contributed by atoms with Crippen molar-refractivity contribution in [2.24, 2.45) is 0 Å². The van der Waals surface area contributed by atoms with Gasteiger partial charge in [-0.05, 0) is 32.1 Å². The van der Waals surface area contributed by atoms with Gasteiger partial charge in [0.25, 0.3) is 0 Å².